The number of nitrogens with zero attached hydrogens (tertiary/aromatic N) is 2. The number of benzene rings is 1. The largest absolute Gasteiger partial charge is 0.495 e. The van der Waals surface area contributed by atoms with Gasteiger partial charge in [-0.1, -0.05) is 11.6 Å². The summed E-state index contributed by atoms with van der Waals surface area (Å²) in [7, 11) is 1.61. The number of carbonyl (C=O) groups excluding carboxylic acids is 3. The van der Waals surface area contributed by atoms with Crippen LogP contribution in [-0.4, -0.2) is 61.6 Å². The standard InChI is InChI=1S/C19H25ClN4O4/c1-12-10-14(15(28-3)11-13(12)20)23-6-8-24(9-7-23)16(25)4-5-19(2)17(26)21-18(27)22-19/h10-11H,4-9H2,1-3H3,(H2,21,22,26,27). The highest BCUT2D eigenvalue weighted by atomic mass is 35.5. The summed E-state index contributed by atoms with van der Waals surface area (Å²) in [6.07, 6.45) is 0.474. The number of piperazine rings is 1. The number of nitrogens with one attached hydrogen (secondary N) is 2. The summed E-state index contributed by atoms with van der Waals surface area (Å²) in [5.41, 5.74) is 0.915. The zero-order valence-electron chi connectivity index (χ0n) is 16.3. The molecule has 4 amide bonds. The van der Waals surface area contributed by atoms with Gasteiger partial charge in [0.25, 0.3) is 5.91 Å². The molecule has 2 aliphatic heterocycles. The summed E-state index contributed by atoms with van der Waals surface area (Å²) in [5.74, 6) is 0.306. The Morgan fingerprint density at radius 2 is 1.93 bits per heavy atom. The maximum absolute atomic E-state index is 12.6. The highest BCUT2D eigenvalue weighted by Crippen LogP contribution is 2.34. The summed E-state index contributed by atoms with van der Waals surface area (Å²) in [6.45, 7) is 6.10. The quantitative estimate of drug-likeness (QED) is 0.723. The average molecular weight is 409 g/mol. The molecule has 1 atom stereocenters. The number of amides is 4. The molecule has 2 aliphatic rings. The first-order valence-electron chi connectivity index (χ1n) is 9.24. The number of ether oxygens (including phenoxy) is 1. The van der Waals surface area contributed by atoms with Crippen LogP contribution in [0.25, 0.3) is 0 Å². The van der Waals surface area contributed by atoms with E-state index in [1.165, 1.54) is 0 Å². The Morgan fingerprint density at radius 1 is 1.25 bits per heavy atom. The van der Waals surface area contributed by atoms with E-state index in [2.05, 4.69) is 15.5 Å². The van der Waals surface area contributed by atoms with Crippen molar-refractivity contribution in [2.24, 2.45) is 0 Å². The smallest absolute Gasteiger partial charge is 0.322 e. The summed E-state index contributed by atoms with van der Waals surface area (Å²) >= 11 is 6.18. The van der Waals surface area contributed by atoms with Crippen molar-refractivity contribution in [2.45, 2.75) is 32.2 Å². The molecule has 2 fully saturated rings. The van der Waals surface area contributed by atoms with Crippen molar-refractivity contribution >= 4 is 35.1 Å². The predicted molar refractivity (Wildman–Crippen MR) is 106 cm³/mol. The van der Waals surface area contributed by atoms with Gasteiger partial charge in [0, 0.05) is 43.7 Å². The van der Waals surface area contributed by atoms with Gasteiger partial charge in [-0.05, 0) is 31.9 Å². The Balaban J connectivity index is 1.57. The second-order valence-corrected chi connectivity index (χ2v) is 7.79. The van der Waals surface area contributed by atoms with E-state index in [-0.39, 0.29) is 24.7 Å². The fourth-order valence-corrected chi connectivity index (χ4v) is 3.68. The van der Waals surface area contributed by atoms with Gasteiger partial charge >= 0.3 is 6.03 Å². The van der Waals surface area contributed by atoms with Gasteiger partial charge in [-0.3, -0.25) is 14.9 Å². The van der Waals surface area contributed by atoms with Gasteiger partial charge in [0.2, 0.25) is 5.91 Å². The number of rotatable bonds is 5. The molecule has 1 unspecified atom stereocenters. The summed E-state index contributed by atoms with van der Waals surface area (Å²) < 4.78 is 5.46. The van der Waals surface area contributed by atoms with Crippen LogP contribution in [0, 0.1) is 6.92 Å². The number of carbonyl (C=O) groups is 3. The highest BCUT2D eigenvalue weighted by Gasteiger charge is 2.42. The number of aryl methyl sites for hydroxylation is 1. The number of hydrogen-bond acceptors (Lipinski definition) is 5. The van der Waals surface area contributed by atoms with Crippen LogP contribution in [0.5, 0.6) is 5.75 Å². The number of anilines is 1. The van der Waals surface area contributed by atoms with Crippen LogP contribution in [0.1, 0.15) is 25.3 Å². The van der Waals surface area contributed by atoms with Crippen LogP contribution in [-0.2, 0) is 9.59 Å². The van der Waals surface area contributed by atoms with E-state index in [4.69, 9.17) is 16.3 Å². The lowest BCUT2D eigenvalue weighted by molar-refractivity contribution is -0.132. The second-order valence-electron chi connectivity index (χ2n) is 7.38. The molecular formula is C19H25ClN4O4. The van der Waals surface area contributed by atoms with Gasteiger partial charge in [0.15, 0.2) is 0 Å². The van der Waals surface area contributed by atoms with Crippen LogP contribution in [0.15, 0.2) is 12.1 Å². The van der Waals surface area contributed by atoms with Crippen molar-refractivity contribution in [1.82, 2.24) is 15.5 Å². The average Bonchev–Trinajstić information content (AvgIpc) is 2.93. The van der Waals surface area contributed by atoms with E-state index in [1.807, 2.05) is 19.1 Å². The molecule has 1 aromatic carbocycles. The molecule has 2 saturated heterocycles. The third-order valence-corrected chi connectivity index (χ3v) is 5.80. The molecule has 2 N–H and O–H groups in total. The van der Waals surface area contributed by atoms with E-state index in [9.17, 15) is 14.4 Å². The van der Waals surface area contributed by atoms with Crippen LogP contribution in [0.4, 0.5) is 10.5 Å². The topological polar surface area (TPSA) is 91.0 Å². The summed E-state index contributed by atoms with van der Waals surface area (Å²) in [6, 6.07) is 3.30. The molecule has 0 spiro atoms. The van der Waals surface area contributed by atoms with E-state index in [1.54, 1.807) is 18.9 Å². The number of imide groups is 1. The number of urea groups is 1. The monoisotopic (exact) mass is 408 g/mol. The molecule has 8 nitrogen and oxygen atoms in total. The van der Waals surface area contributed by atoms with Gasteiger partial charge in [0.1, 0.15) is 11.3 Å². The van der Waals surface area contributed by atoms with Crippen molar-refractivity contribution in [3.63, 3.8) is 0 Å². The minimum atomic E-state index is -1.03. The molecule has 0 aliphatic carbocycles. The van der Waals surface area contributed by atoms with Crippen molar-refractivity contribution in [3.8, 4) is 5.75 Å². The van der Waals surface area contributed by atoms with Crippen molar-refractivity contribution in [2.75, 3.05) is 38.2 Å². The molecule has 1 aromatic rings. The molecular weight excluding hydrogens is 384 g/mol. The Bertz CT molecular complexity index is 807. The molecule has 0 radical (unpaired) electrons. The molecule has 0 aromatic heterocycles. The zero-order valence-corrected chi connectivity index (χ0v) is 17.1. The number of methoxy groups -OCH3 is 1. The fourth-order valence-electron chi connectivity index (χ4n) is 3.53. The summed E-state index contributed by atoms with van der Waals surface area (Å²) in [5, 5.41) is 5.46. The number of hydrogen-bond donors (Lipinski definition) is 2. The van der Waals surface area contributed by atoms with Crippen LogP contribution in [0.2, 0.25) is 5.02 Å². The molecule has 0 bridgehead atoms. The maximum atomic E-state index is 12.6. The van der Waals surface area contributed by atoms with E-state index in [0.717, 1.165) is 11.3 Å². The van der Waals surface area contributed by atoms with Gasteiger partial charge in [-0.2, -0.15) is 0 Å². The van der Waals surface area contributed by atoms with Crippen LogP contribution in [0.3, 0.4) is 0 Å². The Labute approximate surface area is 169 Å². The maximum Gasteiger partial charge on any atom is 0.322 e. The minimum Gasteiger partial charge on any atom is -0.495 e. The third-order valence-electron chi connectivity index (χ3n) is 5.39. The SMILES string of the molecule is COc1cc(Cl)c(C)cc1N1CCN(C(=O)CCC2(C)NC(=O)NC2=O)CC1. The third kappa shape index (κ3) is 4.01. The van der Waals surface area contributed by atoms with Crippen LogP contribution < -0.4 is 20.3 Å². The minimum absolute atomic E-state index is 0.0194. The first kappa shape index (κ1) is 20.3. The highest BCUT2D eigenvalue weighted by molar-refractivity contribution is 6.31. The molecule has 9 heteroatoms. The molecule has 28 heavy (non-hydrogen) atoms. The molecule has 2 heterocycles. The summed E-state index contributed by atoms with van der Waals surface area (Å²) in [4.78, 5) is 39.7. The Kier molecular flexibility index (Phi) is 5.69. The van der Waals surface area contributed by atoms with Crippen LogP contribution >= 0.6 is 11.6 Å². The lowest BCUT2D eigenvalue weighted by atomic mass is 9.96. The fraction of sp³-hybridized carbons (Fsp3) is 0.526. The van der Waals surface area contributed by atoms with E-state index < -0.39 is 11.6 Å². The van der Waals surface area contributed by atoms with E-state index >= 15 is 0 Å². The first-order chi connectivity index (χ1) is 13.2. The Hall–Kier alpha value is -2.48. The van der Waals surface area contributed by atoms with Gasteiger partial charge < -0.3 is 19.9 Å². The first-order valence-corrected chi connectivity index (χ1v) is 9.62. The normalized spacial score (nSPS) is 22.1. The molecule has 152 valence electrons. The van der Waals surface area contributed by atoms with E-state index in [0.29, 0.717) is 37.0 Å². The molecule has 3 rings (SSSR count). The Morgan fingerprint density at radius 3 is 2.50 bits per heavy atom. The van der Waals surface area contributed by atoms with Gasteiger partial charge in [-0.25, -0.2) is 4.79 Å². The zero-order chi connectivity index (χ0) is 20.5. The van der Waals surface area contributed by atoms with Crippen molar-refractivity contribution in [1.29, 1.82) is 0 Å². The van der Waals surface area contributed by atoms with Gasteiger partial charge in [-0.15, -0.1) is 0 Å². The second kappa shape index (κ2) is 7.87. The van der Waals surface area contributed by atoms with Gasteiger partial charge in [0.05, 0.1) is 12.8 Å². The van der Waals surface area contributed by atoms with Crippen molar-refractivity contribution < 1.29 is 19.1 Å². The lowest BCUT2D eigenvalue weighted by Gasteiger charge is -2.37. The van der Waals surface area contributed by atoms with Crippen molar-refractivity contribution in [3.05, 3.63) is 22.7 Å². The lowest BCUT2D eigenvalue weighted by Crippen LogP contribution is -2.50. The predicted octanol–water partition coefficient (Wildman–Crippen LogP) is 1.68. The number of halogens is 1. The molecule has 0 saturated carbocycles.